The normalized spacial score (nSPS) is 16.4. The third-order valence-corrected chi connectivity index (χ3v) is 4.84. The van der Waals surface area contributed by atoms with Gasteiger partial charge in [-0.25, -0.2) is 8.42 Å². The third-order valence-electron chi connectivity index (χ3n) is 2.73. The Bertz CT molecular complexity index is 559. The summed E-state index contributed by atoms with van der Waals surface area (Å²) in [5.74, 6) is 1.06. The maximum atomic E-state index is 12.4. The lowest BCUT2D eigenvalue weighted by atomic mass is 10.3. The van der Waals surface area contributed by atoms with Crippen LogP contribution in [0.25, 0.3) is 0 Å². The zero-order chi connectivity index (χ0) is 14.0. The molecular formula is C12H16BrNO4S. The lowest BCUT2D eigenvalue weighted by Gasteiger charge is -2.21. The van der Waals surface area contributed by atoms with Crippen LogP contribution < -0.4 is 9.47 Å². The van der Waals surface area contributed by atoms with Gasteiger partial charge in [-0.1, -0.05) is 22.9 Å². The SMILES string of the molecule is CC(Br)CN(C)S(=O)(=O)c1ccc2c(c1)OCCO2. The van der Waals surface area contributed by atoms with E-state index in [0.717, 1.165) is 0 Å². The van der Waals surface area contributed by atoms with E-state index in [1.54, 1.807) is 13.1 Å². The minimum atomic E-state index is -3.50. The van der Waals surface area contributed by atoms with Gasteiger partial charge in [0.25, 0.3) is 0 Å². The second kappa shape index (κ2) is 5.68. The molecule has 0 N–H and O–H groups in total. The van der Waals surface area contributed by atoms with Gasteiger partial charge < -0.3 is 9.47 Å². The van der Waals surface area contributed by atoms with Crippen molar-refractivity contribution < 1.29 is 17.9 Å². The van der Waals surface area contributed by atoms with Crippen molar-refractivity contribution in [1.82, 2.24) is 4.31 Å². The Morgan fingerprint density at radius 1 is 1.32 bits per heavy atom. The van der Waals surface area contributed by atoms with Crippen LogP contribution in [0, 0.1) is 0 Å². The molecular weight excluding hydrogens is 334 g/mol. The second-order valence-corrected chi connectivity index (χ2v) is 7.98. The highest BCUT2D eigenvalue weighted by Gasteiger charge is 2.24. The smallest absolute Gasteiger partial charge is 0.242 e. The van der Waals surface area contributed by atoms with Crippen molar-refractivity contribution in [3.63, 3.8) is 0 Å². The van der Waals surface area contributed by atoms with E-state index in [9.17, 15) is 8.42 Å². The fourth-order valence-electron chi connectivity index (χ4n) is 1.82. The number of alkyl halides is 1. The molecule has 1 aliphatic rings. The van der Waals surface area contributed by atoms with Crippen molar-refractivity contribution in [3.8, 4) is 11.5 Å². The quantitative estimate of drug-likeness (QED) is 0.778. The lowest BCUT2D eigenvalue weighted by Crippen LogP contribution is -2.31. The zero-order valence-electron chi connectivity index (χ0n) is 10.8. The topological polar surface area (TPSA) is 55.8 Å². The van der Waals surface area contributed by atoms with Crippen molar-refractivity contribution in [2.24, 2.45) is 0 Å². The van der Waals surface area contributed by atoms with Gasteiger partial charge in [0.1, 0.15) is 13.2 Å². The Morgan fingerprint density at radius 3 is 2.58 bits per heavy atom. The van der Waals surface area contributed by atoms with Gasteiger partial charge in [0.2, 0.25) is 10.0 Å². The first kappa shape index (κ1) is 14.6. The molecule has 1 aromatic rings. The zero-order valence-corrected chi connectivity index (χ0v) is 13.2. The van der Waals surface area contributed by atoms with Crippen LogP contribution in [0.2, 0.25) is 0 Å². The van der Waals surface area contributed by atoms with Crippen LogP contribution in [0.3, 0.4) is 0 Å². The van der Waals surface area contributed by atoms with Gasteiger partial charge in [-0.15, -0.1) is 0 Å². The molecule has 1 aliphatic heterocycles. The van der Waals surface area contributed by atoms with E-state index >= 15 is 0 Å². The summed E-state index contributed by atoms with van der Waals surface area (Å²) in [4.78, 5) is 0.303. The van der Waals surface area contributed by atoms with Crippen molar-refractivity contribution >= 4 is 26.0 Å². The molecule has 0 saturated heterocycles. The summed E-state index contributed by atoms with van der Waals surface area (Å²) in [5, 5.41) is 0. The van der Waals surface area contributed by atoms with E-state index in [-0.39, 0.29) is 9.72 Å². The van der Waals surface area contributed by atoms with Gasteiger partial charge in [-0.3, -0.25) is 0 Å². The minimum Gasteiger partial charge on any atom is -0.486 e. The standard InChI is InChI=1S/C12H16BrNO4S/c1-9(13)8-14(2)19(15,16)10-3-4-11-12(7-10)18-6-5-17-11/h3-4,7,9H,5-6,8H2,1-2H3. The van der Waals surface area contributed by atoms with Gasteiger partial charge in [-0.2, -0.15) is 4.31 Å². The Labute approximate surface area is 121 Å². The molecule has 5 nitrogen and oxygen atoms in total. The molecule has 0 radical (unpaired) electrons. The molecule has 1 aromatic carbocycles. The molecule has 1 heterocycles. The first-order chi connectivity index (χ1) is 8.91. The number of ether oxygens (including phenoxy) is 2. The fourth-order valence-corrected chi connectivity index (χ4v) is 3.72. The van der Waals surface area contributed by atoms with Gasteiger partial charge in [0, 0.05) is 24.5 Å². The van der Waals surface area contributed by atoms with Crippen molar-refractivity contribution in [3.05, 3.63) is 18.2 Å². The number of halogens is 1. The predicted molar refractivity (Wildman–Crippen MR) is 75.6 cm³/mol. The Hall–Kier alpha value is -0.790. The highest BCUT2D eigenvalue weighted by Crippen LogP contribution is 2.33. The molecule has 0 aromatic heterocycles. The molecule has 0 fully saturated rings. The summed E-state index contributed by atoms with van der Waals surface area (Å²) in [6.07, 6.45) is 0. The monoisotopic (exact) mass is 349 g/mol. The van der Waals surface area contributed by atoms with E-state index in [0.29, 0.717) is 31.3 Å². The highest BCUT2D eigenvalue weighted by molar-refractivity contribution is 9.09. The highest BCUT2D eigenvalue weighted by atomic mass is 79.9. The van der Waals surface area contributed by atoms with Gasteiger partial charge in [-0.05, 0) is 12.1 Å². The van der Waals surface area contributed by atoms with E-state index in [1.165, 1.54) is 16.4 Å². The summed E-state index contributed by atoms with van der Waals surface area (Å²) in [6, 6.07) is 4.68. The molecule has 0 amide bonds. The average molecular weight is 350 g/mol. The summed E-state index contributed by atoms with van der Waals surface area (Å²) in [5.41, 5.74) is 0. The number of fused-ring (bicyclic) bond motifs is 1. The molecule has 0 aliphatic carbocycles. The first-order valence-electron chi connectivity index (χ1n) is 5.91. The fraction of sp³-hybridized carbons (Fsp3) is 0.500. The number of hydrogen-bond donors (Lipinski definition) is 0. The lowest BCUT2D eigenvalue weighted by molar-refractivity contribution is 0.171. The van der Waals surface area contributed by atoms with Crippen LogP contribution in [0.1, 0.15) is 6.92 Å². The van der Waals surface area contributed by atoms with Gasteiger partial charge in [0.15, 0.2) is 11.5 Å². The molecule has 1 unspecified atom stereocenters. The van der Waals surface area contributed by atoms with Crippen LogP contribution in [0.15, 0.2) is 23.1 Å². The average Bonchev–Trinajstić information content (AvgIpc) is 2.37. The largest absolute Gasteiger partial charge is 0.486 e. The van der Waals surface area contributed by atoms with Crippen molar-refractivity contribution in [2.45, 2.75) is 16.6 Å². The van der Waals surface area contributed by atoms with Crippen LogP contribution >= 0.6 is 15.9 Å². The number of nitrogens with zero attached hydrogens (tertiary/aromatic N) is 1. The molecule has 0 spiro atoms. The Balaban J connectivity index is 2.30. The number of rotatable bonds is 4. The summed E-state index contributed by atoms with van der Waals surface area (Å²) < 4.78 is 36.8. The maximum Gasteiger partial charge on any atom is 0.242 e. The summed E-state index contributed by atoms with van der Waals surface area (Å²) >= 11 is 3.35. The van der Waals surface area contributed by atoms with E-state index in [1.807, 2.05) is 6.92 Å². The number of hydrogen-bond acceptors (Lipinski definition) is 4. The summed E-state index contributed by atoms with van der Waals surface area (Å²) in [7, 11) is -1.94. The number of benzene rings is 1. The van der Waals surface area contributed by atoms with Gasteiger partial charge >= 0.3 is 0 Å². The van der Waals surface area contributed by atoms with E-state index in [4.69, 9.17) is 9.47 Å². The first-order valence-corrected chi connectivity index (χ1v) is 8.27. The predicted octanol–water partition coefficient (Wildman–Crippen LogP) is 1.86. The van der Waals surface area contributed by atoms with E-state index in [2.05, 4.69) is 15.9 Å². The second-order valence-electron chi connectivity index (χ2n) is 4.37. The van der Waals surface area contributed by atoms with Crippen LogP contribution in [-0.2, 0) is 10.0 Å². The third kappa shape index (κ3) is 3.21. The molecule has 19 heavy (non-hydrogen) atoms. The molecule has 0 bridgehead atoms. The van der Waals surface area contributed by atoms with Crippen LogP contribution in [-0.4, -0.2) is 44.4 Å². The Kier molecular flexibility index (Phi) is 4.37. The molecule has 0 saturated carbocycles. The molecule has 2 rings (SSSR count). The number of sulfonamides is 1. The van der Waals surface area contributed by atoms with Crippen LogP contribution in [0.4, 0.5) is 0 Å². The molecule has 1 atom stereocenters. The van der Waals surface area contributed by atoms with Crippen molar-refractivity contribution in [1.29, 1.82) is 0 Å². The molecule has 106 valence electrons. The Morgan fingerprint density at radius 2 is 1.95 bits per heavy atom. The van der Waals surface area contributed by atoms with E-state index < -0.39 is 10.0 Å². The minimum absolute atomic E-state index is 0.0875. The summed E-state index contributed by atoms with van der Waals surface area (Å²) in [6.45, 7) is 3.22. The maximum absolute atomic E-state index is 12.4. The van der Waals surface area contributed by atoms with Crippen LogP contribution in [0.5, 0.6) is 11.5 Å². The molecule has 7 heteroatoms. The van der Waals surface area contributed by atoms with Gasteiger partial charge in [0.05, 0.1) is 4.90 Å². The van der Waals surface area contributed by atoms with Crippen molar-refractivity contribution in [2.75, 3.05) is 26.8 Å².